The van der Waals surface area contributed by atoms with Crippen LogP contribution in [0.15, 0.2) is 41.5 Å². The topological polar surface area (TPSA) is 98.8 Å². The van der Waals surface area contributed by atoms with Crippen LogP contribution in [0.2, 0.25) is 5.02 Å². The summed E-state index contributed by atoms with van der Waals surface area (Å²) in [4.78, 5) is 21.0. The number of carbonyl (C=O) groups excluding carboxylic acids is 1. The molecule has 4 rings (SSSR count). The Labute approximate surface area is 190 Å². The van der Waals surface area contributed by atoms with Crippen LogP contribution in [0.1, 0.15) is 22.5 Å². The summed E-state index contributed by atoms with van der Waals surface area (Å²) in [6.45, 7) is 0.514. The number of hydrogen-bond donors (Lipinski definition) is 2. The van der Waals surface area contributed by atoms with Crippen molar-refractivity contribution < 1.29 is 27.4 Å². The van der Waals surface area contributed by atoms with Crippen molar-refractivity contribution in [2.24, 2.45) is 16.6 Å². The fourth-order valence-corrected chi connectivity index (χ4v) is 4.95. The third-order valence-electron chi connectivity index (χ3n) is 5.24. The van der Waals surface area contributed by atoms with E-state index in [1.54, 1.807) is 0 Å². The zero-order valence-electron chi connectivity index (χ0n) is 16.5. The van der Waals surface area contributed by atoms with Crippen LogP contribution in [0.25, 0.3) is 0 Å². The van der Waals surface area contributed by atoms with E-state index in [0.717, 1.165) is 6.07 Å². The molecule has 0 saturated carbocycles. The number of rotatable bonds is 4. The van der Waals surface area contributed by atoms with Gasteiger partial charge in [-0.25, -0.2) is 9.98 Å². The SMILES string of the molecule is NC1=N[C@@]2(c3cc(NC(=O)c4ccc(Cl)cn4)ccc3OC(F)(F)F)COCCC2CS1. The Hall–Kier alpha value is -2.50. The molecule has 170 valence electrons. The number of fused-ring (bicyclic) bond motifs is 1. The molecular formula is C20H18ClF3N4O3S. The molecule has 1 aromatic heterocycles. The second-order valence-electron chi connectivity index (χ2n) is 7.30. The van der Waals surface area contributed by atoms with Gasteiger partial charge >= 0.3 is 6.36 Å². The van der Waals surface area contributed by atoms with Gasteiger partial charge in [0.1, 0.15) is 17.0 Å². The highest BCUT2D eigenvalue weighted by Gasteiger charge is 2.48. The lowest BCUT2D eigenvalue weighted by Gasteiger charge is -2.44. The van der Waals surface area contributed by atoms with Gasteiger partial charge in [0.05, 0.1) is 11.6 Å². The first kappa shape index (κ1) is 22.7. The van der Waals surface area contributed by atoms with Crippen molar-refractivity contribution in [2.75, 3.05) is 24.3 Å². The summed E-state index contributed by atoms with van der Waals surface area (Å²) in [6, 6.07) is 6.84. The van der Waals surface area contributed by atoms with Gasteiger partial charge in [-0.1, -0.05) is 23.4 Å². The molecule has 0 spiro atoms. The molecule has 1 unspecified atom stereocenters. The summed E-state index contributed by atoms with van der Waals surface area (Å²) in [6.07, 6.45) is -2.99. The van der Waals surface area contributed by atoms with E-state index in [4.69, 9.17) is 22.1 Å². The van der Waals surface area contributed by atoms with Crippen molar-refractivity contribution in [2.45, 2.75) is 18.3 Å². The molecule has 1 aromatic carbocycles. The summed E-state index contributed by atoms with van der Waals surface area (Å²) < 4.78 is 49.4. The van der Waals surface area contributed by atoms with Crippen LogP contribution in [0.4, 0.5) is 18.9 Å². The fourth-order valence-electron chi connectivity index (χ4n) is 3.79. The molecule has 0 bridgehead atoms. The molecule has 2 aliphatic heterocycles. The number of aromatic nitrogens is 1. The summed E-state index contributed by atoms with van der Waals surface area (Å²) >= 11 is 7.14. The molecule has 0 radical (unpaired) electrons. The van der Waals surface area contributed by atoms with E-state index in [1.807, 2.05) is 0 Å². The number of thioether (sulfide) groups is 1. The van der Waals surface area contributed by atoms with Crippen molar-refractivity contribution >= 4 is 40.1 Å². The van der Waals surface area contributed by atoms with E-state index in [9.17, 15) is 18.0 Å². The number of aliphatic imine (C=N–C) groups is 1. The lowest BCUT2D eigenvalue weighted by molar-refractivity contribution is -0.275. The molecule has 12 heteroatoms. The second kappa shape index (κ2) is 8.80. The highest BCUT2D eigenvalue weighted by atomic mass is 35.5. The Bertz CT molecular complexity index is 1050. The first-order valence-electron chi connectivity index (χ1n) is 9.55. The average molecular weight is 487 g/mol. The standard InChI is InChI=1S/C20H18ClF3N4O3S/c21-12-1-3-15(26-8-12)17(29)27-13-2-4-16(31-20(22,23)24)14(7-13)19-10-30-6-5-11(19)9-32-18(25)28-19/h1-4,7-8,11H,5-6,9-10H2,(H2,25,28)(H,27,29)/t11?,19-/m0/s1. The number of benzene rings is 1. The van der Waals surface area contributed by atoms with Crippen molar-refractivity contribution in [1.29, 1.82) is 0 Å². The maximum atomic E-state index is 13.1. The van der Waals surface area contributed by atoms with Gasteiger partial charge in [0, 0.05) is 35.7 Å². The number of pyridine rings is 1. The van der Waals surface area contributed by atoms with Crippen LogP contribution < -0.4 is 15.8 Å². The zero-order valence-corrected chi connectivity index (χ0v) is 18.1. The number of hydrogen-bond acceptors (Lipinski definition) is 7. The number of amidine groups is 1. The number of nitrogens with one attached hydrogen (secondary N) is 1. The third-order valence-corrected chi connectivity index (χ3v) is 6.42. The number of nitrogens with two attached hydrogens (primary N) is 1. The number of halogens is 4. The van der Waals surface area contributed by atoms with Crippen LogP contribution in [0, 0.1) is 5.92 Å². The van der Waals surface area contributed by atoms with Gasteiger partial charge in [0.15, 0.2) is 5.17 Å². The first-order valence-corrected chi connectivity index (χ1v) is 10.9. The smallest absolute Gasteiger partial charge is 0.405 e. The molecule has 0 aliphatic carbocycles. The van der Waals surface area contributed by atoms with E-state index >= 15 is 0 Å². The number of carbonyl (C=O) groups is 1. The molecule has 3 heterocycles. The van der Waals surface area contributed by atoms with Gasteiger partial charge in [-0.05, 0) is 36.8 Å². The molecule has 1 amide bonds. The largest absolute Gasteiger partial charge is 0.573 e. The minimum Gasteiger partial charge on any atom is -0.405 e. The predicted octanol–water partition coefficient (Wildman–Crippen LogP) is 4.18. The molecule has 2 aliphatic rings. The van der Waals surface area contributed by atoms with Gasteiger partial charge in [-0.15, -0.1) is 13.2 Å². The lowest BCUT2D eigenvalue weighted by Crippen LogP contribution is -2.47. The normalized spacial score (nSPS) is 23.1. The summed E-state index contributed by atoms with van der Waals surface area (Å²) in [5, 5.41) is 3.26. The number of amides is 1. The summed E-state index contributed by atoms with van der Waals surface area (Å²) in [5.41, 5.74) is 5.29. The Morgan fingerprint density at radius 1 is 1.34 bits per heavy atom. The Kier molecular flexibility index (Phi) is 6.24. The van der Waals surface area contributed by atoms with E-state index < -0.39 is 23.6 Å². The third kappa shape index (κ3) is 4.79. The highest BCUT2D eigenvalue weighted by molar-refractivity contribution is 8.13. The van der Waals surface area contributed by atoms with Crippen LogP contribution in [-0.2, 0) is 10.3 Å². The van der Waals surface area contributed by atoms with Crippen LogP contribution in [0.3, 0.4) is 0 Å². The van der Waals surface area contributed by atoms with Gasteiger partial charge in [0.25, 0.3) is 5.91 Å². The number of nitrogens with zero attached hydrogens (tertiary/aromatic N) is 2. The minimum absolute atomic E-state index is 0.0449. The van der Waals surface area contributed by atoms with E-state index in [-0.39, 0.29) is 34.6 Å². The number of alkyl halides is 3. The van der Waals surface area contributed by atoms with Crippen molar-refractivity contribution in [3.8, 4) is 5.75 Å². The Morgan fingerprint density at radius 2 is 2.16 bits per heavy atom. The van der Waals surface area contributed by atoms with E-state index in [1.165, 1.54) is 42.2 Å². The lowest BCUT2D eigenvalue weighted by atomic mass is 9.76. The van der Waals surface area contributed by atoms with Crippen LogP contribution >= 0.6 is 23.4 Å². The van der Waals surface area contributed by atoms with Crippen LogP contribution in [-0.4, -0.2) is 41.4 Å². The molecule has 32 heavy (non-hydrogen) atoms. The maximum absolute atomic E-state index is 13.1. The first-order chi connectivity index (χ1) is 15.2. The molecule has 2 aromatic rings. The van der Waals surface area contributed by atoms with Crippen molar-refractivity contribution in [3.63, 3.8) is 0 Å². The number of ether oxygens (including phenoxy) is 2. The highest BCUT2D eigenvalue weighted by Crippen LogP contribution is 2.48. The second-order valence-corrected chi connectivity index (χ2v) is 8.77. The van der Waals surface area contributed by atoms with Gasteiger partial charge in [-0.2, -0.15) is 0 Å². The quantitative estimate of drug-likeness (QED) is 0.672. The van der Waals surface area contributed by atoms with Gasteiger partial charge in [-0.3, -0.25) is 4.79 Å². The summed E-state index contributed by atoms with van der Waals surface area (Å²) in [7, 11) is 0. The Balaban J connectivity index is 1.75. The monoisotopic (exact) mass is 486 g/mol. The molecule has 2 atom stereocenters. The molecule has 3 N–H and O–H groups in total. The van der Waals surface area contributed by atoms with Crippen molar-refractivity contribution in [1.82, 2.24) is 4.98 Å². The Morgan fingerprint density at radius 3 is 2.88 bits per heavy atom. The van der Waals surface area contributed by atoms with E-state index in [2.05, 4.69) is 20.0 Å². The van der Waals surface area contributed by atoms with Crippen molar-refractivity contribution in [3.05, 3.63) is 52.8 Å². The molecule has 1 saturated heterocycles. The van der Waals surface area contributed by atoms with Gasteiger partial charge in [0.2, 0.25) is 0 Å². The summed E-state index contributed by atoms with van der Waals surface area (Å²) in [5.74, 6) is -0.504. The zero-order chi connectivity index (χ0) is 22.9. The predicted molar refractivity (Wildman–Crippen MR) is 115 cm³/mol. The van der Waals surface area contributed by atoms with Gasteiger partial charge < -0.3 is 20.5 Å². The minimum atomic E-state index is -4.91. The van der Waals surface area contributed by atoms with E-state index in [0.29, 0.717) is 23.8 Å². The molecule has 1 fully saturated rings. The maximum Gasteiger partial charge on any atom is 0.573 e. The van der Waals surface area contributed by atoms with Crippen LogP contribution in [0.5, 0.6) is 5.75 Å². The molecule has 7 nitrogen and oxygen atoms in total. The molecular weight excluding hydrogens is 469 g/mol. The number of anilines is 1. The fraction of sp³-hybridized carbons (Fsp3) is 0.350. The average Bonchev–Trinajstić information content (AvgIpc) is 2.74.